The van der Waals surface area contributed by atoms with Gasteiger partial charge in [-0.3, -0.25) is 9.59 Å². The summed E-state index contributed by atoms with van der Waals surface area (Å²) in [6, 6.07) is 11.9. The van der Waals surface area contributed by atoms with Crippen molar-refractivity contribution < 1.29 is 22.8 Å². The zero-order valence-electron chi connectivity index (χ0n) is 15.6. The first-order valence-electron chi connectivity index (χ1n) is 9.07. The van der Waals surface area contributed by atoms with Crippen molar-refractivity contribution in [3.63, 3.8) is 0 Å². The van der Waals surface area contributed by atoms with Crippen molar-refractivity contribution in [1.82, 2.24) is 0 Å². The quantitative estimate of drug-likeness (QED) is 0.809. The maximum atomic E-state index is 12.8. The smallest absolute Gasteiger partial charge is 0.326 e. The van der Waals surface area contributed by atoms with Crippen LogP contribution in [-0.4, -0.2) is 18.4 Å². The summed E-state index contributed by atoms with van der Waals surface area (Å²) in [5, 5.41) is 2.60. The van der Waals surface area contributed by atoms with Crippen molar-refractivity contribution in [2.24, 2.45) is 11.8 Å². The Hall–Kier alpha value is -2.83. The minimum atomic E-state index is -4.42. The van der Waals surface area contributed by atoms with E-state index < -0.39 is 23.6 Å². The van der Waals surface area contributed by atoms with E-state index >= 15 is 0 Å². The molecule has 2 unspecified atom stereocenters. The number of carbonyl (C=O) groups is 2. The number of nitrogens with one attached hydrogen (secondary N) is 1. The number of anilines is 2. The van der Waals surface area contributed by atoms with Crippen LogP contribution >= 0.6 is 0 Å². The monoisotopic (exact) mass is 390 g/mol. The number of benzene rings is 2. The minimum Gasteiger partial charge on any atom is -0.326 e. The zero-order chi connectivity index (χ0) is 20.5. The molecule has 1 aliphatic rings. The predicted molar refractivity (Wildman–Crippen MR) is 101 cm³/mol. The summed E-state index contributed by atoms with van der Waals surface area (Å²) >= 11 is 0. The number of hydrogen-bond acceptors (Lipinski definition) is 2. The van der Waals surface area contributed by atoms with E-state index in [2.05, 4.69) is 5.32 Å². The summed E-state index contributed by atoms with van der Waals surface area (Å²) < 4.78 is 37.8. The second kappa shape index (κ2) is 7.66. The Balaban J connectivity index is 1.62. The number of amides is 2. The number of rotatable bonds is 5. The van der Waals surface area contributed by atoms with E-state index in [4.69, 9.17) is 0 Å². The summed E-state index contributed by atoms with van der Waals surface area (Å²) in [6.45, 7) is 4.31. The highest BCUT2D eigenvalue weighted by Crippen LogP contribution is 2.41. The van der Waals surface area contributed by atoms with Gasteiger partial charge in [-0.15, -0.1) is 0 Å². The van der Waals surface area contributed by atoms with Crippen molar-refractivity contribution in [3.05, 3.63) is 59.7 Å². The molecule has 28 heavy (non-hydrogen) atoms. The molecule has 148 valence electrons. The van der Waals surface area contributed by atoms with Crippen molar-refractivity contribution in [2.45, 2.75) is 26.4 Å². The Morgan fingerprint density at radius 2 is 1.79 bits per heavy atom. The number of nitrogens with zero attached hydrogens (tertiary/aromatic N) is 1. The van der Waals surface area contributed by atoms with E-state index in [1.807, 2.05) is 38.1 Å². The molecule has 0 aliphatic heterocycles. The molecule has 1 fully saturated rings. The first-order valence-corrected chi connectivity index (χ1v) is 9.07. The fourth-order valence-electron chi connectivity index (χ4n) is 3.20. The molecule has 0 heterocycles. The van der Waals surface area contributed by atoms with Gasteiger partial charge in [-0.1, -0.05) is 12.1 Å². The molecule has 0 aromatic heterocycles. The van der Waals surface area contributed by atoms with Gasteiger partial charge in [-0.25, -0.2) is 0 Å². The number of aryl methyl sites for hydroxylation is 1. The van der Waals surface area contributed by atoms with E-state index in [9.17, 15) is 22.8 Å². The maximum absolute atomic E-state index is 12.8. The van der Waals surface area contributed by atoms with E-state index in [0.29, 0.717) is 13.0 Å². The molecule has 0 saturated heterocycles. The largest absolute Gasteiger partial charge is 0.416 e. The maximum Gasteiger partial charge on any atom is 0.416 e. The first-order chi connectivity index (χ1) is 13.2. The van der Waals surface area contributed by atoms with E-state index in [1.54, 1.807) is 4.90 Å². The molecule has 2 aromatic rings. The molecule has 4 nitrogen and oxygen atoms in total. The third kappa shape index (κ3) is 4.35. The third-order valence-electron chi connectivity index (χ3n) is 4.82. The van der Waals surface area contributed by atoms with Crippen LogP contribution in [0.5, 0.6) is 0 Å². The van der Waals surface area contributed by atoms with Gasteiger partial charge < -0.3 is 10.2 Å². The van der Waals surface area contributed by atoms with Gasteiger partial charge in [-0.2, -0.15) is 13.2 Å². The molecule has 1 saturated carbocycles. The van der Waals surface area contributed by atoms with Gasteiger partial charge in [0.1, 0.15) is 0 Å². The van der Waals surface area contributed by atoms with Gasteiger partial charge in [0.2, 0.25) is 11.8 Å². The second-order valence-electron chi connectivity index (χ2n) is 6.93. The van der Waals surface area contributed by atoms with E-state index in [1.165, 1.54) is 12.1 Å². The summed E-state index contributed by atoms with van der Waals surface area (Å²) in [7, 11) is 0. The average Bonchev–Trinajstić information content (AvgIpc) is 3.43. The topological polar surface area (TPSA) is 49.4 Å². The lowest BCUT2D eigenvalue weighted by Gasteiger charge is -2.21. The Morgan fingerprint density at radius 1 is 1.11 bits per heavy atom. The van der Waals surface area contributed by atoms with Gasteiger partial charge >= 0.3 is 6.18 Å². The first kappa shape index (κ1) is 19.9. The highest BCUT2D eigenvalue weighted by Gasteiger charge is 2.49. The summed E-state index contributed by atoms with van der Waals surface area (Å²) in [4.78, 5) is 26.8. The molecule has 7 heteroatoms. The zero-order valence-corrected chi connectivity index (χ0v) is 15.6. The Labute approximate surface area is 161 Å². The summed E-state index contributed by atoms with van der Waals surface area (Å²) in [5.41, 5.74) is 1.33. The van der Waals surface area contributed by atoms with Crippen molar-refractivity contribution in [1.29, 1.82) is 0 Å². The SMILES string of the molecule is CCN(C(=O)C1CC1C(=O)Nc1ccc(C(F)(F)F)cc1)c1cccc(C)c1. The van der Waals surface area contributed by atoms with Crippen LogP contribution in [-0.2, 0) is 15.8 Å². The molecule has 0 spiro atoms. The molecule has 1 aliphatic carbocycles. The van der Waals surface area contributed by atoms with Gasteiger partial charge in [0.05, 0.1) is 17.4 Å². The van der Waals surface area contributed by atoms with Gasteiger partial charge in [0.15, 0.2) is 0 Å². The van der Waals surface area contributed by atoms with Gasteiger partial charge in [0, 0.05) is 17.9 Å². The average molecular weight is 390 g/mol. The molecule has 0 bridgehead atoms. The molecule has 1 N–H and O–H groups in total. The lowest BCUT2D eigenvalue weighted by Crippen LogP contribution is -2.33. The van der Waals surface area contributed by atoms with Crippen LogP contribution in [0.2, 0.25) is 0 Å². The van der Waals surface area contributed by atoms with Crippen molar-refractivity contribution >= 4 is 23.2 Å². The van der Waals surface area contributed by atoms with Crippen LogP contribution in [0.3, 0.4) is 0 Å². The lowest BCUT2D eigenvalue weighted by molar-refractivity contribution is -0.137. The van der Waals surface area contributed by atoms with E-state index in [0.717, 1.165) is 23.4 Å². The van der Waals surface area contributed by atoms with E-state index in [-0.39, 0.29) is 17.5 Å². The highest BCUT2D eigenvalue weighted by atomic mass is 19.4. The van der Waals surface area contributed by atoms with Crippen LogP contribution in [0.1, 0.15) is 24.5 Å². The molecule has 3 rings (SSSR count). The molecule has 2 amide bonds. The molecule has 2 atom stereocenters. The fourth-order valence-corrected chi connectivity index (χ4v) is 3.20. The number of halogens is 3. The molecular weight excluding hydrogens is 369 g/mol. The minimum absolute atomic E-state index is 0.110. The van der Waals surface area contributed by atoms with Crippen LogP contribution in [0.4, 0.5) is 24.5 Å². The summed E-state index contributed by atoms with van der Waals surface area (Å²) in [6.07, 6.45) is -3.98. The molecule has 2 aromatic carbocycles. The Kier molecular flexibility index (Phi) is 5.45. The van der Waals surface area contributed by atoms with Gasteiger partial charge in [0.25, 0.3) is 0 Å². The van der Waals surface area contributed by atoms with Crippen LogP contribution in [0, 0.1) is 18.8 Å². The third-order valence-corrected chi connectivity index (χ3v) is 4.82. The number of hydrogen-bond donors (Lipinski definition) is 1. The van der Waals surface area contributed by atoms with Gasteiger partial charge in [-0.05, 0) is 62.2 Å². The van der Waals surface area contributed by atoms with Crippen molar-refractivity contribution in [3.8, 4) is 0 Å². The highest BCUT2D eigenvalue weighted by molar-refractivity contribution is 6.04. The number of alkyl halides is 3. The normalized spacial score (nSPS) is 18.5. The number of carbonyl (C=O) groups excluding carboxylic acids is 2. The Morgan fingerprint density at radius 3 is 2.36 bits per heavy atom. The standard InChI is InChI=1S/C21H21F3N2O2/c1-3-26(16-6-4-5-13(2)11-16)20(28)18-12-17(18)19(27)25-15-9-7-14(8-10-15)21(22,23)24/h4-11,17-18H,3,12H2,1-2H3,(H,25,27). The summed E-state index contributed by atoms with van der Waals surface area (Å²) in [5.74, 6) is -1.33. The predicted octanol–water partition coefficient (Wildman–Crippen LogP) is 4.64. The van der Waals surface area contributed by atoms with Crippen LogP contribution in [0.25, 0.3) is 0 Å². The van der Waals surface area contributed by atoms with Crippen LogP contribution < -0.4 is 10.2 Å². The van der Waals surface area contributed by atoms with Crippen LogP contribution in [0.15, 0.2) is 48.5 Å². The molecule has 0 radical (unpaired) electrons. The lowest BCUT2D eigenvalue weighted by atomic mass is 10.1. The second-order valence-corrected chi connectivity index (χ2v) is 6.93. The fraction of sp³-hybridized carbons (Fsp3) is 0.333. The van der Waals surface area contributed by atoms with Crippen molar-refractivity contribution in [2.75, 3.05) is 16.8 Å². The molecular formula is C21H21F3N2O2. The Bertz CT molecular complexity index is 878.